The number of hydrogen-bond acceptors (Lipinski definition) is 3. The Kier molecular flexibility index (Phi) is 6.56. The number of anilines is 1. The predicted octanol–water partition coefficient (Wildman–Crippen LogP) is 5.89. The van der Waals surface area contributed by atoms with Crippen LogP contribution in [0.3, 0.4) is 0 Å². The summed E-state index contributed by atoms with van der Waals surface area (Å²) in [5.41, 5.74) is 2.50. The monoisotopic (exact) mass is 459 g/mol. The van der Waals surface area contributed by atoms with Gasteiger partial charge in [-0.15, -0.1) is 0 Å². The molecular weight excluding hydrogens is 433 g/mol. The lowest BCUT2D eigenvalue weighted by atomic mass is 9.74. The highest BCUT2D eigenvalue weighted by molar-refractivity contribution is 6.36. The van der Waals surface area contributed by atoms with E-state index in [1.165, 1.54) is 24.3 Å². The van der Waals surface area contributed by atoms with Gasteiger partial charge in [-0.1, -0.05) is 66.7 Å². The molecule has 7 heteroatoms. The van der Waals surface area contributed by atoms with Crippen molar-refractivity contribution in [3.63, 3.8) is 0 Å². The summed E-state index contributed by atoms with van der Waals surface area (Å²) >= 11 is 13.0. The highest BCUT2D eigenvalue weighted by atomic mass is 35.5. The SMILES string of the molecule is CC(O)(c1ccc(Cc2c(Cl)cc(N3N=CCNC3=O)cc2Cl)cc1)C1CCCCC1. The first-order chi connectivity index (χ1) is 14.9. The molecule has 1 fully saturated rings. The van der Waals surface area contributed by atoms with Gasteiger partial charge < -0.3 is 10.4 Å². The minimum atomic E-state index is -0.814. The smallest absolute Gasteiger partial charge is 0.342 e. The number of aliphatic hydroxyl groups is 1. The van der Waals surface area contributed by atoms with E-state index in [0.29, 0.717) is 34.6 Å². The quantitative estimate of drug-likeness (QED) is 0.585. The molecule has 1 saturated carbocycles. The van der Waals surface area contributed by atoms with Crippen molar-refractivity contribution in [3.8, 4) is 0 Å². The number of carbonyl (C=O) groups is 1. The summed E-state index contributed by atoms with van der Waals surface area (Å²) in [5, 5.41) is 20.2. The van der Waals surface area contributed by atoms with Crippen LogP contribution in [0.5, 0.6) is 0 Å². The standard InChI is InChI=1S/C24H27Cl2N3O2/c1-24(31,17-5-3-2-4-6-17)18-9-7-16(8-10-18)13-20-21(25)14-19(15-22(20)26)29-23(30)27-11-12-28-29/h7-10,12,14-15,17,31H,2-6,11,13H2,1H3,(H,27,30). The number of halogens is 2. The average Bonchev–Trinajstić information content (AvgIpc) is 2.77. The molecule has 1 heterocycles. The molecule has 4 rings (SSSR count). The number of hydrazone groups is 1. The van der Waals surface area contributed by atoms with Crippen LogP contribution in [0.25, 0.3) is 0 Å². The molecule has 0 radical (unpaired) electrons. The molecule has 2 aromatic carbocycles. The van der Waals surface area contributed by atoms with Gasteiger partial charge in [0.2, 0.25) is 0 Å². The molecule has 0 bridgehead atoms. The lowest BCUT2D eigenvalue weighted by Gasteiger charge is -2.36. The third kappa shape index (κ3) is 4.74. The van der Waals surface area contributed by atoms with E-state index in [2.05, 4.69) is 10.4 Å². The highest BCUT2D eigenvalue weighted by Crippen LogP contribution is 2.39. The van der Waals surface area contributed by atoms with Crippen molar-refractivity contribution in [3.05, 3.63) is 63.1 Å². The van der Waals surface area contributed by atoms with Gasteiger partial charge >= 0.3 is 6.03 Å². The van der Waals surface area contributed by atoms with Gasteiger partial charge in [0.05, 0.1) is 17.8 Å². The number of rotatable bonds is 5. The first-order valence-electron chi connectivity index (χ1n) is 10.8. The molecular formula is C24H27Cl2N3O2. The van der Waals surface area contributed by atoms with E-state index in [9.17, 15) is 9.90 Å². The zero-order chi connectivity index (χ0) is 22.0. The van der Waals surface area contributed by atoms with E-state index in [0.717, 1.165) is 29.5 Å². The largest absolute Gasteiger partial charge is 0.385 e. The molecule has 1 aliphatic carbocycles. The lowest BCUT2D eigenvalue weighted by Crippen LogP contribution is -2.41. The summed E-state index contributed by atoms with van der Waals surface area (Å²) in [6.07, 6.45) is 7.96. The Balaban J connectivity index is 1.52. The number of nitrogens with one attached hydrogen (secondary N) is 1. The van der Waals surface area contributed by atoms with Gasteiger partial charge in [-0.05, 0) is 54.5 Å². The van der Waals surface area contributed by atoms with Crippen LogP contribution in [0, 0.1) is 5.92 Å². The average molecular weight is 460 g/mol. The van der Waals surface area contributed by atoms with Crippen molar-refractivity contribution >= 4 is 41.1 Å². The third-order valence-electron chi connectivity index (χ3n) is 6.42. The fourth-order valence-electron chi connectivity index (χ4n) is 4.51. The molecule has 31 heavy (non-hydrogen) atoms. The maximum atomic E-state index is 12.0. The fourth-order valence-corrected chi connectivity index (χ4v) is 5.12. The fraction of sp³-hybridized carbons (Fsp3) is 0.417. The molecule has 0 saturated heterocycles. The Morgan fingerprint density at radius 3 is 2.39 bits per heavy atom. The van der Waals surface area contributed by atoms with Crippen LogP contribution < -0.4 is 10.3 Å². The maximum Gasteiger partial charge on any atom is 0.342 e. The van der Waals surface area contributed by atoms with Crippen molar-refractivity contribution in [2.24, 2.45) is 11.0 Å². The number of benzene rings is 2. The van der Waals surface area contributed by atoms with Gasteiger partial charge in [0, 0.05) is 22.7 Å². The van der Waals surface area contributed by atoms with E-state index in [1.54, 1.807) is 18.3 Å². The zero-order valence-corrected chi connectivity index (χ0v) is 19.1. The van der Waals surface area contributed by atoms with Crippen LogP contribution in [-0.4, -0.2) is 23.9 Å². The topological polar surface area (TPSA) is 64.9 Å². The van der Waals surface area contributed by atoms with E-state index < -0.39 is 5.60 Å². The second-order valence-electron chi connectivity index (χ2n) is 8.54. The Morgan fingerprint density at radius 2 is 1.77 bits per heavy atom. The van der Waals surface area contributed by atoms with Gasteiger partial charge in [0.25, 0.3) is 0 Å². The lowest BCUT2D eigenvalue weighted by molar-refractivity contribution is -0.0215. The second kappa shape index (κ2) is 9.19. The first kappa shape index (κ1) is 22.1. The molecule has 2 amide bonds. The molecule has 2 aliphatic rings. The molecule has 0 aromatic heterocycles. The second-order valence-corrected chi connectivity index (χ2v) is 9.35. The van der Waals surface area contributed by atoms with Crippen LogP contribution in [0.2, 0.25) is 10.0 Å². The van der Waals surface area contributed by atoms with Crippen LogP contribution in [0.15, 0.2) is 41.5 Å². The molecule has 164 valence electrons. The maximum absolute atomic E-state index is 12.0. The molecule has 2 aromatic rings. The Labute approximate surface area is 193 Å². The summed E-state index contributed by atoms with van der Waals surface area (Å²) < 4.78 is 0. The van der Waals surface area contributed by atoms with Gasteiger partial charge in [-0.2, -0.15) is 10.1 Å². The van der Waals surface area contributed by atoms with Gasteiger partial charge in [-0.3, -0.25) is 0 Å². The van der Waals surface area contributed by atoms with E-state index >= 15 is 0 Å². The minimum Gasteiger partial charge on any atom is -0.385 e. The zero-order valence-electron chi connectivity index (χ0n) is 17.6. The number of amides is 2. The highest BCUT2D eigenvalue weighted by Gasteiger charge is 2.34. The summed E-state index contributed by atoms with van der Waals surface area (Å²) in [4.78, 5) is 12.0. The number of urea groups is 1. The molecule has 1 atom stereocenters. The molecule has 5 nitrogen and oxygen atoms in total. The molecule has 2 N–H and O–H groups in total. The summed E-state index contributed by atoms with van der Waals surface area (Å²) in [6.45, 7) is 2.34. The third-order valence-corrected chi connectivity index (χ3v) is 7.10. The van der Waals surface area contributed by atoms with Gasteiger partial charge in [-0.25, -0.2) is 4.79 Å². The van der Waals surface area contributed by atoms with Gasteiger partial charge in [0.1, 0.15) is 0 Å². The Hall–Kier alpha value is -2.08. The number of hydrogen-bond donors (Lipinski definition) is 2. The van der Waals surface area contributed by atoms with Crippen molar-refractivity contribution < 1.29 is 9.90 Å². The predicted molar refractivity (Wildman–Crippen MR) is 126 cm³/mol. The molecule has 1 aliphatic heterocycles. The summed E-state index contributed by atoms with van der Waals surface area (Å²) in [7, 11) is 0. The normalized spacial score (nSPS) is 19.2. The van der Waals surface area contributed by atoms with Crippen molar-refractivity contribution in [2.45, 2.75) is 51.0 Å². The molecule has 1 unspecified atom stereocenters. The Bertz CT molecular complexity index is 960. The minimum absolute atomic E-state index is 0.304. The van der Waals surface area contributed by atoms with Crippen molar-refractivity contribution in [1.82, 2.24) is 5.32 Å². The van der Waals surface area contributed by atoms with Crippen LogP contribution >= 0.6 is 23.2 Å². The van der Waals surface area contributed by atoms with Crippen molar-refractivity contribution in [2.75, 3.05) is 11.6 Å². The van der Waals surface area contributed by atoms with E-state index in [4.69, 9.17) is 23.2 Å². The van der Waals surface area contributed by atoms with Crippen LogP contribution in [0.1, 0.15) is 55.7 Å². The summed E-state index contributed by atoms with van der Waals surface area (Å²) in [6, 6.07) is 11.1. The Morgan fingerprint density at radius 1 is 1.13 bits per heavy atom. The van der Waals surface area contributed by atoms with Crippen LogP contribution in [0.4, 0.5) is 10.5 Å². The summed E-state index contributed by atoms with van der Waals surface area (Å²) in [5.74, 6) is 0.304. The molecule has 0 spiro atoms. The van der Waals surface area contributed by atoms with Crippen LogP contribution in [-0.2, 0) is 12.0 Å². The van der Waals surface area contributed by atoms with E-state index in [1.807, 2.05) is 31.2 Å². The first-order valence-corrected chi connectivity index (χ1v) is 11.5. The number of nitrogens with zero attached hydrogens (tertiary/aromatic N) is 2. The van der Waals surface area contributed by atoms with Gasteiger partial charge in [0.15, 0.2) is 0 Å². The van der Waals surface area contributed by atoms with Crippen molar-refractivity contribution in [1.29, 1.82) is 0 Å². The number of carbonyl (C=O) groups excluding carboxylic acids is 1. The van der Waals surface area contributed by atoms with E-state index in [-0.39, 0.29) is 6.03 Å².